The molecule has 2 aliphatic rings. The minimum Gasteiger partial charge on any atom is -0.601 e. The Hall–Kier alpha value is -0.820. The zero-order chi connectivity index (χ0) is 21.6. The van der Waals surface area contributed by atoms with Crippen LogP contribution in [0.15, 0.2) is 50.4 Å². The van der Waals surface area contributed by atoms with Gasteiger partial charge in [0, 0.05) is 71.2 Å². The molecule has 1 N–H and O–H groups in total. The standard InChI is InChI=1S/C19H20N2O3S6/c1-20(2)13-5-7-16-15(10-13)21(3)14-6-4-12(8-17(14)26-16)9-19-27-30(25)28(29(19)24)11-18(22)23/h4-10,28H,11H2,1-3H3,(H,22,23)/b19-9+. The maximum Gasteiger partial charge on any atom is 0.316 e. The molecular weight excluding hydrogens is 497 g/mol. The Labute approximate surface area is 195 Å². The van der Waals surface area contributed by atoms with E-state index in [1.54, 1.807) is 11.8 Å². The van der Waals surface area contributed by atoms with Crippen LogP contribution in [0.5, 0.6) is 0 Å². The van der Waals surface area contributed by atoms with Crippen molar-refractivity contribution in [2.24, 2.45) is 0 Å². The van der Waals surface area contributed by atoms with E-state index in [-0.39, 0.29) is 5.75 Å². The predicted molar refractivity (Wildman–Crippen MR) is 139 cm³/mol. The van der Waals surface area contributed by atoms with E-state index >= 15 is 0 Å². The smallest absolute Gasteiger partial charge is 0.316 e. The molecule has 0 spiro atoms. The molecule has 1 saturated heterocycles. The molecule has 2 aromatic rings. The van der Waals surface area contributed by atoms with Crippen LogP contribution in [-0.4, -0.2) is 42.5 Å². The van der Waals surface area contributed by atoms with Gasteiger partial charge in [0.15, 0.2) is 0 Å². The molecule has 1 fully saturated rings. The summed E-state index contributed by atoms with van der Waals surface area (Å²) in [7, 11) is 4.41. The second-order valence-electron chi connectivity index (χ2n) is 6.83. The molecule has 0 bridgehead atoms. The van der Waals surface area contributed by atoms with E-state index < -0.39 is 32.7 Å². The molecule has 0 amide bonds. The van der Waals surface area contributed by atoms with E-state index in [2.05, 4.69) is 47.2 Å². The van der Waals surface area contributed by atoms with Gasteiger partial charge in [-0.15, -0.1) is 0 Å². The zero-order valence-electron chi connectivity index (χ0n) is 16.4. The molecule has 0 aromatic heterocycles. The lowest BCUT2D eigenvalue weighted by Crippen LogP contribution is -2.16. The van der Waals surface area contributed by atoms with Gasteiger partial charge in [-0.25, -0.2) is 0 Å². The number of hydrogen-bond acceptors (Lipinski definition) is 7. The highest BCUT2D eigenvalue weighted by atomic mass is 33.8. The molecular formula is C19H20N2O3S6. The quantitative estimate of drug-likeness (QED) is 0.345. The van der Waals surface area contributed by atoms with Gasteiger partial charge in [-0.05, 0) is 56.0 Å². The van der Waals surface area contributed by atoms with Crippen LogP contribution in [0.1, 0.15) is 5.56 Å². The lowest BCUT2D eigenvalue weighted by Gasteiger charge is -2.30. The molecule has 5 nitrogen and oxygen atoms in total. The summed E-state index contributed by atoms with van der Waals surface area (Å²) < 4.78 is 13.5. The molecule has 0 radical (unpaired) electrons. The van der Waals surface area contributed by atoms with Gasteiger partial charge >= 0.3 is 5.97 Å². The van der Waals surface area contributed by atoms with Gasteiger partial charge in [-0.2, -0.15) is 0 Å². The lowest BCUT2D eigenvalue weighted by atomic mass is 10.1. The van der Waals surface area contributed by atoms with Crippen molar-refractivity contribution in [3.05, 3.63) is 46.2 Å². The third kappa shape index (κ3) is 4.38. The molecule has 3 unspecified atom stereocenters. The summed E-state index contributed by atoms with van der Waals surface area (Å²) in [6.07, 6.45) is 1.91. The monoisotopic (exact) mass is 516 g/mol. The van der Waals surface area contributed by atoms with Crippen molar-refractivity contribution < 1.29 is 14.5 Å². The summed E-state index contributed by atoms with van der Waals surface area (Å²) in [5.41, 5.74) is 4.41. The van der Waals surface area contributed by atoms with Crippen molar-refractivity contribution in [3.8, 4) is 0 Å². The highest BCUT2D eigenvalue weighted by Gasteiger charge is 2.38. The number of benzene rings is 2. The van der Waals surface area contributed by atoms with Gasteiger partial charge in [-0.3, -0.25) is 4.79 Å². The van der Waals surface area contributed by atoms with Crippen LogP contribution in [0.3, 0.4) is 0 Å². The number of carbonyl (C=O) groups is 1. The molecule has 0 aliphatic carbocycles. The second kappa shape index (κ2) is 8.97. The molecule has 2 aromatic carbocycles. The minimum atomic E-state index is -1.31. The van der Waals surface area contributed by atoms with Gasteiger partial charge < -0.3 is 19.5 Å². The Kier molecular flexibility index (Phi) is 6.69. The third-order valence-corrected chi connectivity index (χ3v) is 22.5. The summed E-state index contributed by atoms with van der Waals surface area (Å²) in [6.45, 7) is 0. The van der Waals surface area contributed by atoms with Gasteiger partial charge in [0.25, 0.3) is 0 Å². The topological polar surface area (TPSA) is 66.8 Å². The van der Waals surface area contributed by atoms with E-state index in [9.17, 15) is 9.35 Å². The first-order chi connectivity index (χ1) is 14.2. The highest BCUT2D eigenvalue weighted by Crippen LogP contribution is 2.58. The number of carboxylic acids is 1. The summed E-state index contributed by atoms with van der Waals surface area (Å²) >= 11 is 7.13. The number of fused-ring (bicyclic) bond motifs is 2. The van der Waals surface area contributed by atoms with Crippen molar-refractivity contribution in [2.75, 3.05) is 36.7 Å². The van der Waals surface area contributed by atoms with Gasteiger partial charge in [0.05, 0.1) is 11.4 Å². The SMILES string of the molecule is CN(C)c1ccc2c(c1)N(C)c1ccc(/C=C3\SS(=S)[SH](CC(=O)O)[S+]3[O-])cc1S2. The van der Waals surface area contributed by atoms with E-state index in [1.165, 1.54) is 21.4 Å². The lowest BCUT2D eigenvalue weighted by molar-refractivity contribution is -0.133. The largest absolute Gasteiger partial charge is 0.601 e. The number of anilines is 3. The van der Waals surface area contributed by atoms with Crippen LogP contribution in [0.25, 0.3) is 6.08 Å². The maximum absolute atomic E-state index is 12.8. The first kappa shape index (κ1) is 22.4. The number of hydrogen-bond donors (Lipinski definition) is 2. The van der Waals surface area contributed by atoms with E-state index in [0.29, 0.717) is 4.24 Å². The first-order valence-corrected chi connectivity index (χ1v) is 17.0. The van der Waals surface area contributed by atoms with Gasteiger partial charge in [0.1, 0.15) is 5.75 Å². The molecule has 11 heteroatoms. The summed E-state index contributed by atoms with van der Waals surface area (Å²) in [4.78, 5) is 17.7. The fourth-order valence-electron chi connectivity index (χ4n) is 3.09. The molecule has 30 heavy (non-hydrogen) atoms. The van der Waals surface area contributed by atoms with Crippen LogP contribution >= 0.6 is 31.5 Å². The van der Waals surface area contributed by atoms with Crippen LogP contribution in [0.4, 0.5) is 17.1 Å². The number of rotatable bonds is 4. The van der Waals surface area contributed by atoms with Crippen molar-refractivity contribution >= 4 is 89.5 Å². The molecule has 2 aliphatic heterocycles. The fraction of sp³-hybridized carbons (Fsp3) is 0.211. The van der Waals surface area contributed by atoms with Gasteiger partial charge in [0.2, 0.25) is 4.24 Å². The Morgan fingerprint density at radius 1 is 1.30 bits per heavy atom. The molecule has 3 atom stereocenters. The predicted octanol–water partition coefficient (Wildman–Crippen LogP) is 4.69. The highest BCUT2D eigenvalue weighted by molar-refractivity contribution is 9.36. The van der Waals surface area contributed by atoms with Crippen LogP contribution in [-0.2, 0) is 33.7 Å². The van der Waals surface area contributed by atoms with Crippen LogP contribution < -0.4 is 9.80 Å². The summed E-state index contributed by atoms with van der Waals surface area (Å²) in [6, 6.07) is 12.6. The van der Waals surface area contributed by atoms with E-state index in [4.69, 9.17) is 16.3 Å². The Morgan fingerprint density at radius 3 is 2.77 bits per heavy atom. The Morgan fingerprint density at radius 2 is 2.07 bits per heavy atom. The van der Waals surface area contributed by atoms with E-state index in [0.717, 1.165) is 21.8 Å². The second-order valence-corrected chi connectivity index (χ2v) is 21.2. The average molecular weight is 517 g/mol. The van der Waals surface area contributed by atoms with Crippen molar-refractivity contribution in [1.29, 1.82) is 0 Å². The third-order valence-electron chi connectivity index (χ3n) is 4.61. The fourth-order valence-corrected chi connectivity index (χ4v) is 21.8. The summed E-state index contributed by atoms with van der Waals surface area (Å²) in [5, 5.41) is 9.07. The first-order valence-electron chi connectivity index (χ1n) is 8.85. The Balaban J connectivity index is 1.62. The number of nitrogens with zero attached hydrogens (tertiary/aromatic N) is 2. The van der Waals surface area contributed by atoms with Crippen molar-refractivity contribution in [1.82, 2.24) is 0 Å². The molecule has 160 valence electrons. The number of carboxylic acid groups (broad SMARTS) is 1. The number of aliphatic carboxylic acids is 1. The average Bonchev–Trinajstić information content (AvgIpc) is 2.94. The molecule has 4 rings (SSSR count). The van der Waals surface area contributed by atoms with Crippen molar-refractivity contribution in [3.63, 3.8) is 0 Å². The zero-order valence-corrected chi connectivity index (χ0v) is 21.4. The van der Waals surface area contributed by atoms with Crippen LogP contribution in [0, 0.1) is 0 Å². The van der Waals surface area contributed by atoms with Crippen LogP contribution in [0.2, 0.25) is 0 Å². The maximum atomic E-state index is 12.8. The summed E-state index contributed by atoms with van der Waals surface area (Å²) in [5.74, 6) is -1.02. The molecule has 2 heterocycles. The normalized spacial score (nSPS) is 25.1. The minimum absolute atomic E-state index is 0.0878. The van der Waals surface area contributed by atoms with E-state index in [1.807, 2.05) is 26.2 Å². The number of thiol groups is 1. The van der Waals surface area contributed by atoms with Crippen molar-refractivity contribution in [2.45, 2.75) is 9.79 Å². The van der Waals surface area contributed by atoms with Gasteiger partial charge in [-0.1, -0.05) is 17.8 Å². The Bertz CT molecular complexity index is 1070. The molecule has 0 saturated carbocycles.